The lowest BCUT2D eigenvalue weighted by Crippen LogP contribution is -2.49. The number of methoxy groups -OCH3 is 1. The summed E-state index contributed by atoms with van der Waals surface area (Å²) in [7, 11) is 1.46. The molecule has 3 saturated carbocycles. The molecule has 2 heterocycles. The largest absolute Gasteiger partial charge is 0.469 e. The van der Waals surface area contributed by atoms with E-state index in [4.69, 9.17) is 4.74 Å². The van der Waals surface area contributed by atoms with Crippen molar-refractivity contribution in [2.24, 2.45) is 5.41 Å². The van der Waals surface area contributed by atoms with Gasteiger partial charge in [-0.25, -0.2) is 9.50 Å². The van der Waals surface area contributed by atoms with Gasteiger partial charge in [-0.3, -0.25) is 9.59 Å². The summed E-state index contributed by atoms with van der Waals surface area (Å²) in [5, 5.41) is 4.26. The minimum Gasteiger partial charge on any atom is -0.469 e. The second kappa shape index (κ2) is 4.41. The number of hydrogen-bond donors (Lipinski definition) is 1. The van der Waals surface area contributed by atoms with Crippen LogP contribution in [0.1, 0.15) is 44.3 Å². The standard InChI is InChI=1S/C15H18N4O3/c1-22-13(21)15-5-2-14(3-6-15,4-7-15)12-16-8-10-11(20)17-9-18-19(10)12/h8-9H,2-7H2,1H3,(H,17,18,20). The lowest BCUT2D eigenvalue weighted by Gasteiger charge is -2.50. The highest BCUT2D eigenvalue weighted by molar-refractivity contribution is 5.77. The maximum absolute atomic E-state index is 12.1. The zero-order valence-electron chi connectivity index (χ0n) is 12.5. The first-order chi connectivity index (χ1) is 10.6. The van der Waals surface area contributed by atoms with Crippen LogP contribution >= 0.6 is 0 Å². The number of aromatic amines is 1. The number of nitrogens with one attached hydrogen (secondary N) is 1. The molecular weight excluding hydrogens is 284 g/mol. The van der Waals surface area contributed by atoms with Crippen LogP contribution in [0.15, 0.2) is 17.3 Å². The van der Waals surface area contributed by atoms with Crippen molar-refractivity contribution in [3.63, 3.8) is 0 Å². The van der Waals surface area contributed by atoms with Crippen molar-refractivity contribution in [2.75, 3.05) is 7.11 Å². The van der Waals surface area contributed by atoms with Crippen molar-refractivity contribution in [2.45, 2.75) is 43.9 Å². The number of carbonyl (C=O) groups is 1. The van der Waals surface area contributed by atoms with E-state index in [2.05, 4.69) is 15.1 Å². The van der Waals surface area contributed by atoms with Crippen LogP contribution in [-0.4, -0.2) is 32.7 Å². The topological polar surface area (TPSA) is 89.3 Å². The molecule has 0 aliphatic heterocycles. The maximum Gasteiger partial charge on any atom is 0.311 e. The Morgan fingerprint density at radius 2 is 1.95 bits per heavy atom. The molecule has 1 N–H and O–H groups in total. The molecule has 3 fully saturated rings. The van der Waals surface area contributed by atoms with Gasteiger partial charge in [-0.05, 0) is 38.5 Å². The third-order valence-electron chi connectivity index (χ3n) is 5.68. The number of fused-ring (bicyclic) bond motifs is 4. The lowest BCUT2D eigenvalue weighted by atomic mass is 9.53. The van der Waals surface area contributed by atoms with Gasteiger partial charge in [-0.2, -0.15) is 5.10 Å². The highest BCUT2D eigenvalue weighted by Gasteiger charge is 2.55. The van der Waals surface area contributed by atoms with Gasteiger partial charge in [0.15, 0.2) is 5.52 Å². The summed E-state index contributed by atoms with van der Waals surface area (Å²) in [6, 6.07) is 0. The van der Waals surface area contributed by atoms with Crippen LogP contribution in [0.2, 0.25) is 0 Å². The van der Waals surface area contributed by atoms with Crippen LogP contribution in [0, 0.1) is 5.41 Å². The van der Waals surface area contributed by atoms with Gasteiger partial charge in [-0.1, -0.05) is 0 Å². The molecule has 2 bridgehead atoms. The van der Waals surface area contributed by atoms with Crippen molar-refractivity contribution in [3.05, 3.63) is 28.7 Å². The second-order valence-corrected chi connectivity index (χ2v) is 6.55. The fraction of sp³-hybridized carbons (Fsp3) is 0.600. The van der Waals surface area contributed by atoms with Crippen LogP contribution in [-0.2, 0) is 14.9 Å². The van der Waals surface area contributed by atoms with E-state index in [9.17, 15) is 9.59 Å². The lowest BCUT2D eigenvalue weighted by molar-refractivity contribution is -0.160. The van der Waals surface area contributed by atoms with E-state index in [0.717, 1.165) is 44.3 Å². The number of hydrogen-bond acceptors (Lipinski definition) is 5. The molecule has 0 amide bonds. The fourth-order valence-electron chi connectivity index (χ4n) is 4.24. The Labute approximate surface area is 126 Å². The van der Waals surface area contributed by atoms with Crippen molar-refractivity contribution in [1.82, 2.24) is 19.6 Å². The van der Waals surface area contributed by atoms with Crippen LogP contribution in [0.25, 0.3) is 5.52 Å². The van der Waals surface area contributed by atoms with E-state index in [1.54, 1.807) is 10.7 Å². The highest BCUT2D eigenvalue weighted by Crippen LogP contribution is 2.57. The van der Waals surface area contributed by atoms with Gasteiger partial charge >= 0.3 is 5.97 Å². The van der Waals surface area contributed by atoms with E-state index in [0.29, 0.717) is 5.52 Å². The number of rotatable bonds is 2. The zero-order chi connectivity index (χ0) is 15.4. The molecule has 7 nitrogen and oxygen atoms in total. The quantitative estimate of drug-likeness (QED) is 0.841. The summed E-state index contributed by atoms with van der Waals surface area (Å²) in [6.45, 7) is 0. The van der Waals surface area contributed by atoms with Gasteiger partial charge in [0.25, 0.3) is 5.56 Å². The monoisotopic (exact) mass is 302 g/mol. The summed E-state index contributed by atoms with van der Waals surface area (Å²) in [4.78, 5) is 31.0. The average Bonchev–Trinajstić information content (AvgIpc) is 3.02. The molecule has 2 aromatic heterocycles. The molecule has 0 aromatic carbocycles. The number of ether oxygens (including phenoxy) is 1. The van der Waals surface area contributed by atoms with E-state index >= 15 is 0 Å². The Balaban J connectivity index is 1.74. The molecule has 22 heavy (non-hydrogen) atoms. The SMILES string of the molecule is COC(=O)C12CCC(c3ncc4c(=O)[nH]cnn34)(CC1)CC2. The molecule has 3 aliphatic carbocycles. The molecule has 0 unspecified atom stereocenters. The Morgan fingerprint density at radius 1 is 1.27 bits per heavy atom. The summed E-state index contributed by atoms with van der Waals surface area (Å²) in [6.07, 6.45) is 8.10. The third-order valence-corrected chi connectivity index (χ3v) is 5.68. The van der Waals surface area contributed by atoms with Gasteiger partial charge in [0.2, 0.25) is 0 Å². The molecule has 0 radical (unpaired) electrons. The van der Waals surface area contributed by atoms with Crippen LogP contribution in [0.3, 0.4) is 0 Å². The van der Waals surface area contributed by atoms with E-state index in [-0.39, 0.29) is 22.4 Å². The third kappa shape index (κ3) is 1.62. The van der Waals surface area contributed by atoms with Crippen LogP contribution in [0.4, 0.5) is 0 Å². The Hall–Kier alpha value is -2.18. The van der Waals surface area contributed by atoms with Gasteiger partial charge in [0.05, 0.1) is 18.7 Å². The first kappa shape index (κ1) is 13.5. The van der Waals surface area contributed by atoms with Gasteiger partial charge in [0.1, 0.15) is 12.2 Å². The molecule has 7 heteroatoms. The van der Waals surface area contributed by atoms with E-state index in [1.165, 1.54) is 13.4 Å². The highest BCUT2D eigenvalue weighted by atomic mass is 16.5. The minimum atomic E-state index is -0.311. The Morgan fingerprint density at radius 3 is 2.59 bits per heavy atom. The van der Waals surface area contributed by atoms with Crippen LogP contribution in [0.5, 0.6) is 0 Å². The second-order valence-electron chi connectivity index (χ2n) is 6.55. The van der Waals surface area contributed by atoms with E-state index < -0.39 is 0 Å². The van der Waals surface area contributed by atoms with Crippen molar-refractivity contribution >= 4 is 11.5 Å². The number of H-pyrrole nitrogens is 1. The number of imidazole rings is 1. The molecule has 0 spiro atoms. The first-order valence-corrected chi connectivity index (χ1v) is 7.61. The fourth-order valence-corrected chi connectivity index (χ4v) is 4.24. The Kier molecular flexibility index (Phi) is 2.70. The summed E-state index contributed by atoms with van der Waals surface area (Å²) in [5.41, 5.74) is -0.0970. The molecule has 3 aliphatic rings. The summed E-state index contributed by atoms with van der Waals surface area (Å²) < 4.78 is 6.66. The van der Waals surface area contributed by atoms with Crippen molar-refractivity contribution < 1.29 is 9.53 Å². The van der Waals surface area contributed by atoms with Gasteiger partial charge < -0.3 is 9.72 Å². The summed E-state index contributed by atoms with van der Waals surface area (Å²) in [5.74, 6) is 0.773. The molecular formula is C15H18N4O3. The molecule has 0 atom stereocenters. The summed E-state index contributed by atoms with van der Waals surface area (Å²) >= 11 is 0. The minimum absolute atomic E-state index is 0.0802. The zero-order valence-corrected chi connectivity index (χ0v) is 12.5. The Bertz CT molecular complexity index is 782. The number of esters is 1. The number of carbonyl (C=O) groups excluding carboxylic acids is 1. The number of aromatic nitrogens is 4. The maximum atomic E-state index is 12.1. The number of nitrogens with zero attached hydrogens (tertiary/aromatic N) is 3. The molecule has 116 valence electrons. The van der Waals surface area contributed by atoms with Crippen LogP contribution < -0.4 is 5.56 Å². The van der Waals surface area contributed by atoms with Gasteiger partial charge in [-0.15, -0.1) is 0 Å². The van der Waals surface area contributed by atoms with Crippen molar-refractivity contribution in [1.29, 1.82) is 0 Å². The normalized spacial score (nSPS) is 30.6. The average molecular weight is 302 g/mol. The molecule has 5 rings (SSSR count). The molecule has 0 saturated heterocycles. The molecule has 2 aromatic rings. The van der Waals surface area contributed by atoms with E-state index in [1.807, 2.05) is 0 Å². The first-order valence-electron chi connectivity index (χ1n) is 7.61. The predicted molar refractivity (Wildman–Crippen MR) is 77.4 cm³/mol. The van der Waals surface area contributed by atoms with Gasteiger partial charge in [0, 0.05) is 5.41 Å². The smallest absolute Gasteiger partial charge is 0.311 e. The predicted octanol–water partition coefficient (Wildman–Crippen LogP) is 1.18. The van der Waals surface area contributed by atoms with Crippen molar-refractivity contribution in [3.8, 4) is 0 Å².